The minimum Gasteiger partial charge on any atom is -0.383 e. The molecule has 7 nitrogen and oxygen atoms in total. The van der Waals surface area contributed by atoms with Gasteiger partial charge in [-0.2, -0.15) is 0 Å². The maximum Gasteiger partial charge on any atom is 0.231 e. The highest BCUT2D eigenvalue weighted by Crippen LogP contribution is 2.36. The van der Waals surface area contributed by atoms with Gasteiger partial charge in [-0.05, 0) is 54.1 Å². The number of rotatable bonds is 3. The number of aryl methyl sites for hydroxylation is 1. The Morgan fingerprint density at radius 2 is 2.10 bits per heavy atom. The Bertz CT molecular complexity index is 1210. The van der Waals surface area contributed by atoms with E-state index < -0.39 is 12.1 Å². The normalized spacial score (nSPS) is 19.7. The van der Waals surface area contributed by atoms with Gasteiger partial charge in [-0.3, -0.25) is 9.59 Å². The number of nitrogens with zero attached hydrogens (tertiary/aromatic N) is 2. The molecule has 2 atom stereocenters. The maximum absolute atomic E-state index is 13.1. The second-order valence-corrected chi connectivity index (χ2v) is 7.58. The van der Waals surface area contributed by atoms with Gasteiger partial charge in [0, 0.05) is 22.8 Å². The van der Waals surface area contributed by atoms with Crippen LogP contribution in [0.3, 0.4) is 0 Å². The first-order valence-corrected chi connectivity index (χ1v) is 9.34. The quantitative estimate of drug-likeness (QED) is 0.636. The van der Waals surface area contributed by atoms with Crippen LogP contribution in [0.25, 0.3) is 22.0 Å². The molecular weight excluding hydrogens is 373 g/mol. The zero-order chi connectivity index (χ0) is 20.3. The molecule has 5 rings (SSSR count). The zero-order valence-electron chi connectivity index (χ0n) is 15.6. The van der Waals surface area contributed by atoms with Crippen LogP contribution in [0, 0.1) is 12.8 Å². The number of aromatic nitrogens is 2. The molecule has 4 N–H and O–H groups in total. The number of alkyl halides is 1. The molecule has 1 aliphatic heterocycles. The molecule has 3 aromatic rings. The Morgan fingerprint density at radius 1 is 1.31 bits per heavy atom. The molecule has 2 amide bonds. The summed E-state index contributed by atoms with van der Waals surface area (Å²) in [4.78, 5) is 32.4. The van der Waals surface area contributed by atoms with Crippen LogP contribution >= 0.6 is 0 Å². The van der Waals surface area contributed by atoms with Crippen LogP contribution in [-0.4, -0.2) is 28.0 Å². The van der Waals surface area contributed by atoms with Crippen LogP contribution in [0.15, 0.2) is 30.5 Å². The van der Waals surface area contributed by atoms with Gasteiger partial charge in [0.15, 0.2) is 0 Å². The highest BCUT2D eigenvalue weighted by atomic mass is 19.1. The van der Waals surface area contributed by atoms with E-state index in [1.54, 1.807) is 12.3 Å². The van der Waals surface area contributed by atoms with E-state index in [1.807, 2.05) is 25.1 Å². The highest BCUT2D eigenvalue weighted by Gasteiger charge is 2.43. The molecule has 1 fully saturated rings. The third kappa shape index (κ3) is 3.06. The van der Waals surface area contributed by atoms with Crippen molar-refractivity contribution in [1.29, 1.82) is 0 Å². The van der Waals surface area contributed by atoms with E-state index in [9.17, 15) is 14.0 Å². The Kier molecular flexibility index (Phi) is 3.77. The Labute approximate surface area is 165 Å². The first-order valence-electron chi connectivity index (χ1n) is 9.34. The molecule has 2 aliphatic rings. The monoisotopic (exact) mass is 391 g/mol. The summed E-state index contributed by atoms with van der Waals surface area (Å²) in [5.41, 5.74) is 10.4. The molecule has 1 aromatic carbocycles. The summed E-state index contributed by atoms with van der Waals surface area (Å²) in [6.45, 7) is 1.95. The molecular formula is C21H18FN5O2. The molecule has 29 heavy (non-hydrogen) atoms. The van der Waals surface area contributed by atoms with Crippen molar-refractivity contribution in [2.45, 2.75) is 25.9 Å². The summed E-state index contributed by atoms with van der Waals surface area (Å²) < 4.78 is 13.1. The summed E-state index contributed by atoms with van der Waals surface area (Å²) >= 11 is 0. The first-order chi connectivity index (χ1) is 13.9. The van der Waals surface area contributed by atoms with Crippen molar-refractivity contribution in [2.24, 2.45) is 5.92 Å². The molecule has 146 valence electrons. The van der Waals surface area contributed by atoms with Gasteiger partial charge in [0.05, 0.1) is 18.0 Å². The number of hydrogen-bond acceptors (Lipinski definition) is 5. The fourth-order valence-electron chi connectivity index (χ4n) is 3.69. The molecule has 1 saturated carbocycles. The lowest BCUT2D eigenvalue weighted by Gasteiger charge is -2.12. The van der Waals surface area contributed by atoms with Crippen molar-refractivity contribution in [1.82, 2.24) is 9.97 Å². The zero-order valence-corrected chi connectivity index (χ0v) is 15.6. The summed E-state index contributed by atoms with van der Waals surface area (Å²) in [6, 6.07) is 7.46. The minimum absolute atomic E-state index is 0.0276. The van der Waals surface area contributed by atoms with Gasteiger partial charge >= 0.3 is 0 Å². The molecule has 8 heteroatoms. The average molecular weight is 391 g/mol. The maximum atomic E-state index is 13.1. The molecule has 2 unspecified atom stereocenters. The largest absolute Gasteiger partial charge is 0.383 e. The SMILES string of the molecule is Cc1cc2c(cc1-c1cc3cc(NC(=O)C4CC4F)ncc3c(N)n1)CC(=O)N2. The molecule has 1 aliphatic carbocycles. The van der Waals surface area contributed by atoms with Crippen molar-refractivity contribution in [3.05, 3.63) is 41.6 Å². The summed E-state index contributed by atoms with van der Waals surface area (Å²) in [7, 11) is 0. The van der Waals surface area contributed by atoms with Crippen molar-refractivity contribution < 1.29 is 14.0 Å². The predicted octanol–water partition coefficient (Wildman–Crippen LogP) is 2.98. The number of nitrogen functional groups attached to an aromatic ring is 1. The van der Waals surface area contributed by atoms with Crippen LogP contribution in [0.4, 0.5) is 21.7 Å². The van der Waals surface area contributed by atoms with E-state index in [2.05, 4.69) is 20.6 Å². The number of hydrogen-bond donors (Lipinski definition) is 3. The van der Waals surface area contributed by atoms with E-state index in [-0.39, 0.29) is 18.2 Å². The fourth-order valence-corrected chi connectivity index (χ4v) is 3.69. The number of amides is 2. The Hall–Kier alpha value is -3.55. The third-order valence-corrected chi connectivity index (χ3v) is 5.40. The molecule has 3 heterocycles. The fraction of sp³-hybridized carbons (Fsp3) is 0.238. The van der Waals surface area contributed by atoms with Gasteiger partial charge < -0.3 is 16.4 Å². The lowest BCUT2D eigenvalue weighted by Crippen LogP contribution is -2.15. The van der Waals surface area contributed by atoms with Gasteiger partial charge in [0.1, 0.15) is 17.8 Å². The van der Waals surface area contributed by atoms with Crippen molar-refractivity contribution in [3.63, 3.8) is 0 Å². The number of nitrogens with one attached hydrogen (secondary N) is 2. The van der Waals surface area contributed by atoms with Crippen molar-refractivity contribution in [2.75, 3.05) is 16.4 Å². The topological polar surface area (TPSA) is 110 Å². The number of nitrogens with two attached hydrogens (primary N) is 1. The van der Waals surface area contributed by atoms with Crippen LogP contribution < -0.4 is 16.4 Å². The van der Waals surface area contributed by atoms with E-state index in [4.69, 9.17) is 5.73 Å². The third-order valence-electron chi connectivity index (χ3n) is 5.40. The van der Waals surface area contributed by atoms with Gasteiger partial charge in [0.2, 0.25) is 11.8 Å². The molecule has 0 spiro atoms. The summed E-state index contributed by atoms with van der Waals surface area (Å²) in [5.74, 6) is -0.309. The predicted molar refractivity (Wildman–Crippen MR) is 108 cm³/mol. The Morgan fingerprint density at radius 3 is 2.86 bits per heavy atom. The molecule has 0 saturated heterocycles. The van der Waals surface area contributed by atoms with Crippen LogP contribution in [0.1, 0.15) is 17.5 Å². The Balaban J connectivity index is 1.54. The van der Waals surface area contributed by atoms with E-state index >= 15 is 0 Å². The lowest BCUT2D eigenvalue weighted by molar-refractivity contribution is -0.117. The molecule has 0 bridgehead atoms. The minimum atomic E-state index is -1.06. The molecule has 2 aromatic heterocycles. The van der Waals surface area contributed by atoms with E-state index in [0.717, 1.165) is 27.8 Å². The van der Waals surface area contributed by atoms with Crippen LogP contribution in [0.5, 0.6) is 0 Å². The van der Waals surface area contributed by atoms with Gasteiger partial charge in [-0.25, -0.2) is 14.4 Å². The van der Waals surface area contributed by atoms with Crippen LogP contribution in [0.2, 0.25) is 0 Å². The smallest absolute Gasteiger partial charge is 0.231 e. The number of halogens is 1. The number of carbonyl (C=O) groups is 2. The van der Waals surface area contributed by atoms with Crippen molar-refractivity contribution in [3.8, 4) is 11.3 Å². The molecule has 0 radical (unpaired) electrons. The van der Waals surface area contributed by atoms with Gasteiger partial charge in [-0.15, -0.1) is 0 Å². The lowest BCUT2D eigenvalue weighted by atomic mass is 9.99. The van der Waals surface area contributed by atoms with E-state index in [0.29, 0.717) is 29.1 Å². The number of carbonyl (C=O) groups excluding carboxylic acids is 2. The van der Waals surface area contributed by atoms with Gasteiger partial charge in [-0.1, -0.05) is 0 Å². The first kappa shape index (κ1) is 17.5. The number of benzene rings is 1. The van der Waals surface area contributed by atoms with Crippen LogP contribution in [-0.2, 0) is 16.0 Å². The average Bonchev–Trinajstić information content (AvgIpc) is 3.29. The standard InChI is InChI=1S/C21H18FN5O2/c1-9-2-16-11(6-19(28)25-16)3-12(9)17-4-10-5-18(24-8-14(10)20(23)26-17)27-21(29)13-7-15(13)22/h2-5,8,13,15H,6-7H2,1H3,(H2,23,26)(H,25,28)(H,24,27,29). The summed E-state index contributed by atoms with van der Waals surface area (Å²) in [5, 5.41) is 6.93. The highest BCUT2D eigenvalue weighted by molar-refractivity contribution is 6.01. The van der Waals surface area contributed by atoms with E-state index in [1.165, 1.54) is 0 Å². The van der Waals surface area contributed by atoms with Crippen molar-refractivity contribution >= 4 is 39.9 Å². The van der Waals surface area contributed by atoms with Gasteiger partial charge in [0.25, 0.3) is 0 Å². The summed E-state index contributed by atoms with van der Waals surface area (Å²) in [6.07, 6.45) is 1.08. The number of fused-ring (bicyclic) bond motifs is 2. The number of anilines is 3. The second kappa shape index (κ2) is 6.23. The second-order valence-electron chi connectivity index (χ2n) is 7.58. The number of pyridine rings is 2.